The van der Waals surface area contributed by atoms with Crippen LogP contribution in [0.3, 0.4) is 0 Å². The fourth-order valence-corrected chi connectivity index (χ4v) is 2.85. The van der Waals surface area contributed by atoms with Crippen molar-refractivity contribution in [2.75, 3.05) is 26.2 Å². The molecule has 1 saturated heterocycles. The van der Waals surface area contributed by atoms with Gasteiger partial charge >= 0.3 is 0 Å². The lowest BCUT2D eigenvalue weighted by molar-refractivity contribution is 0.220. The summed E-state index contributed by atoms with van der Waals surface area (Å²) < 4.78 is 0. The summed E-state index contributed by atoms with van der Waals surface area (Å²) in [6.07, 6.45) is 6.34. The molecule has 0 spiro atoms. The average Bonchev–Trinajstić information content (AvgIpc) is 2.35. The number of guanidine groups is 1. The van der Waals surface area contributed by atoms with Crippen molar-refractivity contribution in [2.24, 2.45) is 4.99 Å². The molecule has 2 fully saturated rings. The molecule has 0 bridgehead atoms. The van der Waals surface area contributed by atoms with Gasteiger partial charge in [-0.25, -0.2) is 0 Å². The topological polar surface area (TPSA) is 39.7 Å². The third kappa shape index (κ3) is 4.82. The maximum atomic E-state index is 4.57. The van der Waals surface area contributed by atoms with E-state index < -0.39 is 0 Å². The molecular weight excluding hydrogens is 248 g/mol. The number of hydrogen-bond donors (Lipinski definition) is 2. The molecule has 2 N–H and O–H groups in total. The predicted molar refractivity (Wildman–Crippen MR) is 86.2 cm³/mol. The summed E-state index contributed by atoms with van der Waals surface area (Å²) in [4.78, 5) is 7.07. The van der Waals surface area contributed by atoms with Crippen LogP contribution in [-0.2, 0) is 0 Å². The summed E-state index contributed by atoms with van der Waals surface area (Å²) in [7, 11) is 0. The van der Waals surface area contributed by atoms with Crippen LogP contribution in [0.15, 0.2) is 17.1 Å². The van der Waals surface area contributed by atoms with Crippen molar-refractivity contribution in [3.8, 4) is 0 Å². The Morgan fingerprint density at radius 3 is 2.20 bits per heavy atom. The fourth-order valence-electron chi connectivity index (χ4n) is 2.85. The molecule has 0 atom stereocenters. The highest BCUT2D eigenvalue weighted by Crippen LogP contribution is 2.18. The van der Waals surface area contributed by atoms with E-state index in [4.69, 9.17) is 0 Å². The third-order valence-electron chi connectivity index (χ3n) is 4.18. The largest absolute Gasteiger partial charge is 0.354 e. The molecule has 0 amide bonds. The van der Waals surface area contributed by atoms with Crippen LogP contribution in [0.25, 0.3) is 0 Å². The van der Waals surface area contributed by atoms with Gasteiger partial charge in [0.15, 0.2) is 5.96 Å². The lowest BCUT2D eigenvalue weighted by atomic mass is 9.93. The average molecular weight is 278 g/mol. The van der Waals surface area contributed by atoms with Gasteiger partial charge in [-0.1, -0.05) is 12.2 Å². The molecular formula is C16H30N4. The maximum Gasteiger partial charge on any atom is 0.191 e. The molecule has 2 aliphatic rings. The zero-order valence-corrected chi connectivity index (χ0v) is 13.1. The van der Waals surface area contributed by atoms with Crippen molar-refractivity contribution in [1.29, 1.82) is 0 Å². The highest BCUT2D eigenvalue weighted by molar-refractivity contribution is 5.80. The van der Waals surface area contributed by atoms with E-state index >= 15 is 0 Å². The van der Waals surface area contributed by atoms with Crippen molar-refractivity contribution in [2.45, 2.75) is 58.0 Å². The first-order chi connectivity index (χ1) is 9.67. The molecule has 0 unspecified atom stereocenters. The van der Waals surface area contributed by atoms with Crippen molar-refractivity contribution in [3.05, 3.63) is 12.2 Å². The summed E-state index contributed by atoms with van der Waals surface area (Å²) in [6, 6.07) is 1.21. The second-order valence-electron chi connectivity index (χ2n) is 6.25. The van der Waals surface area contributed by atoms with E-state index in [1.54, 1.807) is 0 Å². The van der Waals surface area contributed by atoms with Gasteiger partial charge in [0.05, 0.1) is 0 Å². The standard InChI is InChI=1S/C16H30N4/c1-4-17-16(18-14-6-5-7-14)19-15-8-10-20(11-9-15)12-13(2)3/h14-15H,2,4-12H2,1,3H3,(H2,17,18,19). The molecule has 4 heteroatoms. The number of aliphatic imine (C=N–C) groups is 1. The normalized spacial score (nSPS) is 22.4. The van der Waals surface area contributed by atoms with Crippen LogP contribution in [-0.4, -0.2) is 49.1 Å². The molecule has 1 heterocycles. The summed E-state index contributed by atoms with van der Waals surface area (Å²) in [5.74, 6) is 1.02. The van der Waals surface area contributed by atoms with E-state index in [1.807, 2.05) is 0 Å². The summed E-state index contributed by atoms with van der Waals surface area (Å²) in [6.45, 7) is 12.4. The Hall–Kier alpha value is -1.03. The molecule has 1 aliphatic carbocycles. The monoisotopic (exact) mass is 278 g/mol. The number of hydrogen-bond acceptors (Lipinski definition) is 2. The quantitative estimate of drug-likeness (QED) is 0.460. The summed E-state index contributed by atoms with van der Waals surface area (Å²) in [5, 5.41) is 7.18. The fraction of sp³-hybridized carbons (Fsp3) is 0.812. The Morgan fingerprint density at radius 1 is 1.15 bits per heavy atom. The molecule has 1 aliphatic heterocycles. The number of likely N-dealkylation sites (tertiary alicyclic amines) is 1. The van der Waals surface area contributed by atoms with Crippen LogP contribution < -0.4 is 10.6 Å². The Bertz CT molecular complexity index is 338. The summed E-state index contributed by atoms with van der Waals surface area (Å²) >= 11 is 0. The van der Waals surface area contributed by atoms with Gasteiger partial charge in [0.2, 0.25) is 0 Å². The van der Waals surface area contributed by atoms with Crippen molar-refractivity contribution >= 4 is 5.96 Å². The van der Waals surface area contributed by atoms with Crippen LogP contribution in [0.1, 0.15) is 46.0 Å². The van der Waals surface area contributed by atoms with Crippen molar-refractivity contribution in [1.82, 2.24) is 15.5 Å². The number of piperidine rings is 1. The lowest BCUT2D eigenvalue weighted by Crippen LogP contribution is -2.52. The summed E-state index contributed by atoms with van der Waals surface area (Å²) in [5.41, 5.74) is 1.26. The first-order valence-corrected chi connectivity index (χ1v) is 8.11. The lowest BCUT2D eigenvalue weighted by Gasteiger charge is -2.35. The molecule has 0 aromatic carbocycles. The van der Waals surface area contributed by atoms with Gasteiger partial charge in [0.1, 0.15) is 0 Å². The van der Waals surface area contributed by atoms with Gasteiger partial charge in [0.25, 0.3) is 0 Å². The number of nitrogens with zero attached hydrogens (tertiary/aromatic N) is 2. The molecule has 0 radical (unpaired) electrons. The molecule has 20 heavy (non-hydrogen) atoms. The van der Waals surface area contributed by atoms with Gasteiger partial charge in [-0.3, -0.25) is 9.89 Å². The second-order valence-corrected chi connectivity index (χ2v) is 6.25. The zero-order valence-electron chi connectivity index (χ0n) is 13.1. The molecule has 1 saturated carbocycles. The Labute approximate surface area is 123 Å². The second kappa shape index (κ2) is 7.67. The number of rotatable bonds is 5. The van der Waals surface area contributed by atoms with E-state index in [-0.39, 0.29) is 0 Å². The van der Waals surface area contributed by atoms with Gasteiger partial charge in [-0.15, -0.1) is 0 Å². The van der Waals surface area contributed by atoms with Crippen LogP contribution in [0.4, 0.5) is 0 Å². The van der Waals surface area contributed by atoms with E-state index in [2.05, 4.69) is 41.0 Å². The minimum Gasteiger partial charge on any atom is -0.354 e. The van der Waals surface area contributed by atoms with Crippen LogP contribution >= 0.6 is 0 Å². The van der Waals surface area contributed by atoms with Gasteiger partial charge in [-0.05, 0) is 46.0 Å². The predicted octanol–water partition coefficient (Wildman–Crippen LogP) is 2.13. The third-order valence-corrected chi connectivity index (χ3v) is 4.18. The maximum absolute atomic E-state index is 4.57. The molecule has 4 nitrogen and oxygen atoms in total. The van der Waals surface area contributed by atoms with Crippen LogP contribution in [0, 0.1) is 0 Å². The molecule has 114 valence electrons. The van der Waals surface area contributed by atoms with Crippen LogP contribution in [0.2, 0.25) is 0 Å². The van der Waals surface area contributed by atoms with Crippen molar-refractivity contribution in [3.63, 3.8) is 0 Å². The highest BCUT2D eigenvalue weighted by atomic mass is 15.2. The van der Waals surface area contributed by atoms with Gasteiger partial charge in [0, 0.05) is 38.3 Å². The van der Waals surface area contributed by atoms with Crippen LogP contribution in [0.5, 0.6) is 0 Å². The Balaban J connectivity index is 1.74. The smallest absolute Gasteiger partial charge is 0.191 e. The minimum atomic E-state index is 0.564. The Morgan fingerprint density at radius 2 is 1.75 bits per heavy atom. The highest BCUT2D eigenvalue weighted by Gasteiger charge is 2.22. The van der Waals surface area contributed by atoms with E-state index in [1.165, 1.54) is 37.7 Å². The molecule has 0 aromatic rings. The van der Waals surface area contributed by atoms with E-state index in [0.29, 0.717) is 12.1 Å². The molecule has 2 rings (SSSR count). The zero-order chi connectivity index (χ0) is 14.4. The first kappa shape index (κ1) is 15.4. The number of nitrogens with one attached hydrogen (secondary N) is 2. The first-order valence-electron chi connectivity index (χ1n) is 8.11. The SMILES string of the molecule is C=C(C)CN1CCC(NC(=NCC)NC2CCC2)CC1. The Kier molecular flexibility index (Phi) is 5.89. The van der Waals surface area contributed by atoms with E-state index in [0.717, 1.165) is 32.1 Å². The van der Waals surface area contributed by atoms with Gasteiger partial charge < -0.3 is 10.6 Å². The molecule has 0 aromatic heterocycles. The van der Waals surface area contributed by atoms with Gasteiger partial charge in [-0.2, -0.15) is 0 Å². The van der Waals surface area contributed by atoms with Crippen molar-refractivity contribution < 1.29 is 0 Å². The van der Waals surface area contributed by atoms with E-state index in [9.17, 15) is 0 Å². The minimum absolute atomic E-state index is 0.564.